The zero-order valence-electron chi connectivity index (χ0n) is 19.7. The zero-order chi connectivity index (χ0) is 30.2. The second kappa shape index (κ2) is 11.0. The molecule has 0 radical (unpaired) electrons. The van der Waals surface area contributed by atoms with Gasteiger partial charge in [0.05, 0.1) is 11.0 Å². The van der Waals surface area contributed by atoms with Crippen LogP contribution < -0.4 is 4.72 Å². The molecule has 1 fully saturated rings. The van der Waals surface area contributed by atoms with E-state index in [9.17, 15) is 67.4 Å². The van der Waals surface area contributed by atoms with Gasteiger partial charge in [0.15, 0.2) is 5.54 Å². The summed E-state index contributed by atoms with van der Waals surface area (Å²) in [5.41, 5.74) is -4.46. The Hall–Kier alpha value is -2.73. The highest BCUT2D eigenvalue weighted by Crippen LogP contribution is 2.44. The van der Waals surface area contributed by atoms with Crippen LogP contribution in [0.25, 0.3) is 0 Å². The van der Waals surface area contributed by atoms with Gasteiger partial charge in [-0.3, -0.25) is 14.4 Å². The van der Waals surface area contributed by atoms with Crippen molar-refractivity contribution in [3.8, 4) is 0 Å². The van der Waals surface area contributed by atoms with Crippen LogP contribution in [0, 0.1) is 5.92 Å². The van der Waals surface area contributed by atoms with Gasteiger partial charge in [0.25, 0.3) is 11.6 Å². The monoisotopic (exact) mass is 600 g/mol. The van der Waals surface area contributed by atoms with Gasteiger partial charge in [0, 0.05) is 13.1 Å². The minimum atomic E-state index is -6.22. The topological polar surface area (TPSA) is 121 Å². The lowest BCUT2D eigenvalue weighted by molar-refractivity contribution is -0.216. The van der Waals surface area contributed by atoms with Gasteiger partial charge in [-0.15, -0.1) is 0 Å². The predicted octanol–water partition coefficient (Wildman–Crippen LogP) is 2.69. The Morgan fingerprint density at radius 2 is 1.46 bits per heavy atom. The fourth-order valence-corrected chi connectivity index (χ4v) is 5.31. The lowest BCUT2D eigenvalue weighted by atomic mass is 9.72. The van der Waals surface area contributed by atoms with Crippen LogP contribution in [0.5, 0.6) is 0 Å². The number of likely N-dealkylation sites (tertiary alicyclic amines) is 1. The zero-order valence-corrected chi connectivity index (χ0v) is 20.6. The summed E-state index contributed by atoms with van der Waals surface area (Å²) in [6.07, 6.45) is -22.3. The van der Waals surface area contributed by atoms with Gasteiger partial charge in [0.2, 0.25) is 10.0 Å². The summed E-state index contributed by atoms with van der Waals surface area (Å²) in [6.45, 7) is -0.476. The molecule has 2 unspecified atom stereocenters. The largest absolute Gasteiger partial charge is 0.471 e. The molecule has 39 heavy (non-hydrogen) atoms. The fraction of sp³-hybridized carbons (Fsp3) is 0.571. The van der Waals surface area contributed by atoms with E-state index in [2.05, 4.69) is 4.72 Å². The molecular weight excluding hydrogens is 579 g/mol. The number of hydrogen-bond acceptors (Lipinski definition) is 6. The van der Waals surface area contributed by atoms with Crippen molar-refractivity contribution in [2.45, 2.75) is 61.3 Å². The Labute approximate surface area is 215 Å². The normalized spacial score (nSPS) is 19.5. The Morgan fingerprint density at radius 1 is 0.974 bits per heavy atom. The molecular formula is C21H21F9N2O6S. The van der Waals surface area contributed by atoms with Crippen molar-refractivity contribution in [1.82, 2.24) is 9.62 Å². The van der Waals surface area contributed by atoms with E-state index >= 15 is 0 Å². The second-order valence-corrected chi connectivity index (χ2v) is 10.6. The average molecular weight is 600 g/mol. The maximum atomic E-state index is 13.4. The summed E-state index contributed by atoms with van der Waals surface area (Å²) in [7, 11) is -4.11. The van der Waals surface area contributed by atoms with Gasteiger partial charge in [-0.25, -0.2) is 13.1 Å². The molecule has 1 amide bonds. The standard InChI is InChI=1S/C21H21F9N2O6S/c1-11(33)10-31-39(37,38)14-4-2-12(3-5-14)8-13-6-7-32(17(36)21(28,29)30)18(9-13,15(34)19(22,23)24)16(35)20(25,26)27/h2-5,11,13,31,33H,6-10H2,1H3. The van der Waals surface area contributed by atoms with Crippen LogP contribution in [0.1, 0.15) is 25.3 Å². The van der Waals surface area contributed by atoms with Crippen molar-refractivity contribution < 1.29 is 67.4 Å². The highest BCUT2D eigenvalue weighted by Gasteiger charge is 2.70. The SMILES string of the molecule is CC(O)CNS(=O)(=O)c1ccc(CC2CCN(C(=O)C(F)(F)F)C(C(=O)C(F)(F)F)(C(=O)C(F)(F)F)C2)cc1. The first-order valence-corrected chi connectivity index (χ1v) is 12.4. The summed E-state index contributed by atoms with van der Waals surface area (Å²) in [4.78, 5) is 35.0. The minimum absolute atomic E-state index is 0.0953. The number of amides is 1. The highest BCUT2D eigenvalue weighted by atomic mass is 32.2. The van der Waals surface area contributed by atoms with E-state index in [0.29, 0.717) is 0 Å². The quantitative estimate of drug-likeness (QED) is 0.350. The molecule has 0 aliphatic carbocycles. The molecule has 1 aromatic carbocycles. The van der Waals surface area contributed by atoms with Crippen molar-refractivity contribution in [2.75, 3.05) is 13.1 Å². The third-order valence-electron chi connectivity index (χ3n) is 5.89. The third kappa shape index (κ3) is 7.27. The Kier molecular flexibility index (Phi) is 9.19. The number of halogens is 9. The third-order valence-corrected chi connectivity index (χ3v) is 7.33. The molecule has 1 aliphatic rings. The van der Waals surface area contributed by atoms with E-state index in [1.165, 1.54) is 6.92 Å². The Bertz CT molecular complexity index is 1170. The van der Waals surface area contributed by atoms with Gasteiger partial charge in [-0.05, 0) is 49.8 Å². The number of hydrogen-bond donors (Lipinski definition) is 2. The molecule has 0 aromatic heterocycles. The summed E-state index contributed by atoms with van der Waals surface area (Å²) < 4.78 is 146. The molecule has 8 nitrogen and oxygen atoms in total. The van der Waals surface area contributed by atoms with Crippen LogP contribution in [0.2, 0.25) is 0 Å². The predicted molar refractivity (Wildman–Crippen MR) is 112 cm³/mol. The maximum Gasteiger partial charge on any atom is 0.471 e. The molecule has 220 valence electrons. The first-order chi connectivity index (χ1) is 17.5. The van der Waals surface area contributed by atoms with Crippen molar-refractivity contribution in [1.29, 1.82) is 0 Å². The lowest BCUT2D eigenvalue weighted by Gasteiger charge is -2.47. The summed E-state index contributed by atoms with van der Waals surface area (Å²) in [6, 6.07) is 4.25. The molecule has 1 aromatic rings. The summed E-state index contributed by atoms with van der Waals surface area (Å²) in [5, 5.41) is 9.20. The molecule has 2 N–H and O–H groups in total. The van der Waals surface area contributed by atoms with E-state index in [1.54, 1.807) is 0 Å². The number of nitrogens with one attached hydrogen (secondary N) is 1. The molecule has 1 heterocycles. The van der Waals surface area contributed by atoms with E-state index in [0.717, 1.165) is 24.3 Å². The van der Waals surface area contributed by atoms with Crippen LogP contribution >= 0.6 is 0 Å². The Balaban J connectivity index is 2.50. The number of aliphatic hydroxyl groups is 1. The number of sulfonamides is 1. The van der Waals surface area contributed by atoms with E-state index in [1.807, 2.05) is 0 Å². The van der Waals surface area contributed by atoms with E-state index in [-0.39, 0.29) is 17.0 Å². The van der Waals surface area contributed by atoms with Gasteiger partial charge >= 0.3 is 24.4 Å². The molecule has 1 saturated heterocycles. The van der Waals surface area contributed by atoms with Crippen LogP contribution in [0.15, 0.2) is 29.2 Å². The summed E-state index contributed by atoms with van der Waals surface area (Å²) >= 11 is 0. The van der Waals surface area contributed by atoms with Crippen molar-refractivity contribution in [2.24, 2.45) is 5.92 Å². The first-order valence-electron chi connectivity index (χ1n) is 10.9. The van der Waals surface area contributed by atoms with E-state index in [4.69, 9.17) is 0 Å². The average Bonchev–Trinajstić information content (AvgIpc) is 2.80. The van der Waals surface area contributed by atoms with Crippen LogP contribution in [0.3, 0.4) is 0 Å². The maximum absolute atomic E-state index is 13.4. The lowest BCUT2D eigenvalue weighted by Crippen LogP contribution is -2.72. The number of alkyl halides is 9. The van der Waals surface area contributed by atoms with Crippen molar-refractivity contribution in [3.05, 3.63) is 29.8 Å². The second-order valence-electron chi connectivity index (χ2n) is 8.88. The van der Waals surface area contributed by atoms with Crippen molar-refractivity contribution in [3.63, 3.8) is 0 Å². The molecule has 2 rings (SSSR count). The number of ketones is 2. The number of benzene rings is 1. The number of nitrogens with zero attached hydrogens (tertiary/aromatic N) is 1. The first kappa shape index (κ1) is 32.5. The molecule has 18 heteroatoms. The van der Waals surface area contributed by atoms with Gasteiger partial charge < -0.3 is 10.0 Å². The van der Waals surface area contributed by atoms with Crippen LogP contribution in [-0.4, -0.2) is 79.2 Å². The highest BCUT2D eigenvalue weighted by molar-refractivity contribution is 7.89. The molecule has 0 bridgehead atoms. The fourth-order valence-electron chi connectivity index (χ4n) is 4.19. The van der Waals surface area contributed by atoms with Gasteiger partial charge in [-0.2, -0.15) is 39.5 Å². The van der Waals surface area contributed by atoms with Crippen LogP contribution in [0.4, 0.5) is 39.5 Å². The van der Waals surface area contributed by atoms with Gasteiger partial charge in [-0.1, -0.05) is 12.1 Å². The number of aliphatic hydroxyl groups excluding tert-OH is 1. The number of carbonyl (C=O) groups excluding carboxylic acids is 3. The van der Waals surface area contributed by atoms with Crippen molar-refractivity contribution >= 4 is 27.5 Å². The number of Topliss-reactive ketones (excluding diaryl/α,β-unsaturated/α-hetero) is 2. The number of carbonyl (C=O) groups is 3. The minimum Gasteiger partial charge on any atom is -0.392 e. The molecule has 2 atom stereocenters. The van der Waals surface area contributed by atoms with Gasteiger partial charge in [0.1, 0.15) is 0 Å². The molecule has 0 spiro atoms. The smallest absolute Gasteiger partial charge is 0.392 e. The van der Waals surface area contributed by atoms with E-state index < -0.39 is 94.3 Å². The number of piperidine rings is 1. The summed E-state index contributed by atoms with van der Waals surface area (Å²) in [5.74, 6) is -11.6. The Morgan fingerprint density at radius 3 is 1.87 bits per heavy atom. The molecule has 1 aliphatic heterocycles. The van der Waals surface area contributed by atoms with Crippen LogP contribution in [-0.2, 0) is 30.8 Å². The number of rotatable bonds is 8. The molecule has 0 saturated carbocycles.